The summed E-state index contributed by atoms with van der Waals surface area (Å²) in [5, 5.41) is 0. The van der Waals surface area contributed by atoms with Gasteiger partial charge in [-0.3, -0.25) is 4.90 Å². The minimum absolute atomic E-state index is 0.120. The summed E-state index contributed by atoms with van der Waals surface area (Å²) >= 11 is 0. The van der Waals surface area contributed by atoms with E-state index < -0.39 is 0 Å². The van der Waals surface area contributed by atoms with Crippen LogP contribution in [0, 0.1) is 11.7 Å². The Balaban J connectivity index is 1.60. The summed E-state index contributed by atoms with van der Waals surface area (Å²) in [6.07, 6.45) is 3.50. The molecule has 3 nitrogen and oxygen atoms in total. The molecule has 1 saturated carbocycles. The van der Waals surface area contributed by atoms with Crippen LogP contribution in [0.2, 0.25) is 0 Å². The summed E-state index contributed by atoms with van der Waals surface area (Å²) < 4.78 is 19.0. The number of likely N-dealkylation sites (N-methyl/N-ethyl adjacent to an activating group) is 1. The first-order chi connectivity index (χ1) is 9.17. The van der Waals surface area contributed by atoms with Crippen LogP contribution in [0.5, 0.6) is 5.75 Å². The van der Waals surface area contributed by atoms with Gasteiger partial charge in [-0.1, -0.05) is 0 Å². The van der Waals surface area contributed by atoms with Crippen LogP contribution in [0.4, 0.5) is 4.39 Å². The molecule has 2 aliphatic rings. The van der Waals surface area contributed by atoms with E-state index in [1.165, 1.54) is 18.9 Å². The van der Waals surface area contributed by atoms with E-state index >= 15 is 0 Å². The van der Waals surface area contributed by atoms with Gasteiger partial charge in [0.15, 0.2) is 0 Å². The molecule has 2 atom stereocenters. The van der Waals surface area contributed by atoms with Crippen LogP contribution in [0.1, 0.15) is 18.4 Å². The molecule has 1 heterocycles. The molecule has 1 aliphatic heterocycles. The van der Waals surface area contributed by atoms with Gasteiger partial charge in [0.2, 0.25) is 0 Å². The van der Waals surface area contributed by atoms with Crippen LogP contribution in [0.3, 0.4) is 0 Å². The largest absolute Gasteiger partial charge is 0.488 e. The number of nitrogens with zero attached hydrogens (tertiary/aromatic N) is 1. The molecular formula is C15H21FN2O. The van der Waals surface area contributed by atoms with E-state index in [9.17, 15) is 4.39 Å². The van der Waals surface area contributed by atoms with E-state index in [1.54, 1.807) is 12.1 Å². The van der Waals surface area contributed by atoms with E-state index in [1.807, 2.05) is 0 Å². The molecule has 0 amide bonds. The number of hydrogen-bond donors (Lipinski definition) is 1. The van der Waals surface area contributed by atoms with Crippen LogP contribution in [-0.2, 0) is 6.42 Å². The third kappa shape index (κ3) is 2.74. The SMILES string of the molecule is CN(CC1Cc2cc(F)ccc2O1)C(CN)C1CC1. The molecule has 19 heavy (non-hydrogen) atoms. The van der Waals surface area contributed by atoms with Crippen molar-refractivity contribution in [1.82, 2.24) is 4.90 Å². The summed E-state index contributed by atoms with van der Waals surface area (Å²) in [6, 6.07) is 5.23. The molecule has 1 fully saturated rings. The van der Waals surface area contributed by atoms with E-state index in [-0.39, 0.29) is 11.9 Å². The summed E-state index contributed by atoms with van der Waals surface area (Å²) in [5.41, 5.74) is 6.84. The second kappa shape index (κ2) is 5.10. The van der Waals surface area contributed by atoms with Gasteiger partial charge in [-0.25, -0.2) is 4.39 Å². The van der Waals surface area contributed by atoms with Gasteiger partial charge in [-0.15, -0.1) is 0 Å². The first-order valence-electron chi connectivity index (χ1n) is 7.02. The maximum Gasteiger partial charge on any atom is 0.123 e. The lowest BCUT2D eigenvalue weighted by Crippen LogP contribution is -2.44. The zero-order valence-corrected chi connectivity index (χ0v) is 11.3. The van der Waals surface area contributed by atoms with Gasteiger partial charge in [0.25, 0.3) is 0 Å². The lowest BCUT2D eigenvalue weighted by molar-refractivity contribution is 0.132. The Morgan fingerprint density at radius 2 is 2.26 bits per heavy atom. The molecular weight excluding hydrogens is 243 g/mol. The number of rotatable bonds is 5. The fourth-order valence-electron chi connectivity index (χ4n) is 3.06. The Hall–Kier alpha value is -1.13. The third-order valence-corrected chi connectivity index (χ3v) is 4.23. The highest BCUT2D eigenvalue weighted by atomic mass is 19.1. The van der Waals surface area contributed by atoms with Gasteiger partial charge < -0.3 is 10.5 Å². The monoisotopic (exact) mass is 264 g/mol. The summed E-state index contributed by atoms with van der Waals surface area (Å²) in [4.78, 5) is 2.31. The molecule has 0 radical (unpaired) electrons. The number of nitrogens with two attached hydrogens (primary N) is 1. The standard InChI is InChI=1S/C15H21FN2O/c1-18(14(8-17)10-2-3-10)9-13-7-11-6-12(16)4-5-15(11)19-13/h4-6,10,13-14H,2-3,7-9,17H2,1H3. The molecule has 0 aromatic heterocycles. The van der Waals surface area contributed by atoms with E-state index in [0.29, 0.717) is 12.6 Å². The Morgan fingerprint density at radius 3 is 2.95 bits per heavy atom. The van der Waals surface area contributed by atoms with Gasteiger partial charge in [0, 0.05) is 31.1 Å². The third-order valence-electron chi connectivity index (χ3n) is 4.23. The second-order valence-electron chi connectivity index (χ2n) is 5.78. The Bertz CT molecular complexity index is 461. The van der Waals surface area contributed by atoms with Crippen LogP contribution < -0.4 is 10.5 Å². The Kier molecular flexibility index (Phi) is 3.46. The molecule has 0 bridgehead atoms. The summed E-state index contributed by atoms with van der Waals surface area (Å²) in [6.45, 7) is 1.56. The lowest BCUT2D eigenvalue weighted by Gasteiger charge is -2.29. The van der Waals surface area contributed by atoms with Gasteiger partial charge in [-0.05, 0) is 44.0 Å². The molecule has 1 aromatic rings. The van der Waals surface area contributed by atoms with Crippen molar-refractivity contribution in [3.8, 4) is 5.75 Å². The van der Waals surface area contributed by atoms with Gasteiger partial charge in [0.1, 0.15) is 17.7 Å². The topological polar surface area (TPSA) is 38.5 Å². The van der Waals surface area contributed by atoms with Crippen molar-refractivity contribution in [3.05, 3.63) is 29.6 Å². The second-order valence-corrected chi connectivity index (χ2v) is 5.78. The fraction of sp³-hybridized carbons (Fsp3) is 0.600. The van der Waals surface area contributed by atoms with E-state index in [0.717, 1.165) is 30.2 Å². The van der Waals surface area contributed by atoms with Crippen molar-refractivity contribution in [2.75, 3.05) is 20.1 Å². The van der Waals surface area contributed by atoms with Crippen LogP contribution >= 0.6 is 0 Å². The van der Waals surface area contributed by atoms with Crippen molar-refractivity contribution in [2.24, 2.45) is 11.7 Å². The van der Waals surface area contributed by atoms with Crippen molar-refractivity contribution >= 4 is 0 Å². The smallest absolute Gasteiger partial charge is 0.123 e. The van der Waals surface area contributed by atoms with Crippen LogP contribution in [-0.4, -0.2) is 37.2 Å². The number of ether oxygens (including phenoxy) is 1. The highest BCUT2D eigenvalue weighted by Gasteiger charge is 2.34. The molecule has 1 aromatic carbocycles. The van der Waals surface area contributed by atoms with Crippen LogP contribution in [0.15, 0.2) is 18.2 Å². The first kappa shape index (κ1) is 12.9. The highest BCUT2D eigenvalue weighted by Crippen LogP contribution is 2.35. The molecule has 0 saturated heterocycles. The highest BCUT2D eigenvalue weighted by molar-refractivity contribution is 5.37. The number of benzene rings is 1. The fourth-order valence-corrected chi connectivity index (χ4v) is 3.06. The predicted molar refractivity (Wildman–Crippen MR) is 72.7 cm³/mol. The summed E-state index contributed by atoms with van der Waals surface area (Å²) in [5.74, 6) is 1.40. The molecule has 3 rings (SSSR count). The molecule has 0 spiro atoms. The summed E-state index contributed by atoms with van der Waals surface area (Å²) in [7, 11) is 2.11. The molecule has 1 aliphatic carbocycles. The average Bonchev–Trinajstić information content (AvgIpc) is 3.11. The predicted octanol–water partition coefficient (Wildman–Crippen LogP) is 1.80. The maximum absolute atomic E-state index is 13.2. The molecule has 104 valence electrons. The van der Waals surface area contributed by atoms with E-state index in [4.69, 9.17) is 10.5 Å². The lowest BCUT2D eigenvalue weighted by atomic mass is 10.1. The molecule has 2 N–H and O–H groups in total. The van der Waals surface area contributed by atoms with Gasteiger partial charge >= 0.3 is 0 Å². The minimum atomic E-state index is -0.186. The zero-order chi connectivity index (χ0) is 13.4. The number of hydrogen-bond acceptors (Lipinski definition) is 3. The van der Waals surface area contributed by atoms with Gasteiger partial charge in [0.05, 0.1) is 0 Å². The zero-order valence-electron chi connectivity index (χ0n) is 11.3. The molecule has 4 heteroatoms. The average molecular weight is 264 g/mol. The normalized spacial score (nSPS) is 23.3. The maximum atomic E-state index is 13.2. The van der Waals surface area contributed by atoms with Crippen LogP contribution in [0.25, 0.3) is 0 Å². The molecule has 2 unspecified atom stereocenters. The van der Waals surface area contributed by atoms with Crippen molar-refractivity contribution in [1.29, 1.82) is 0 Å². The quantitative estimate of drug-likeness (QED) is 0.881. The Labute approximate surface area is 113 Å². The van der Waals surface area contributed by atoms with Crippen molar-refractivity contribution < 1.29 is 9.13 Å². The van der Waals surface area contributed by atoms with Crippen molar-refractivity contribution in [2.45, 2.75) is 31.4 Å². The Morgan fingerprint density at radius 1 is 1.47 bits per heavy atom. The minimum Gasteiger partial charge on any atom is -0.488 e. The number of fused-ring (bicyclic) bond motifs is 1. The van der Waals surface area contributed by atoms with E-state index in [2.05, 4.69) is 11.9 Å². The van der Waals surface area contributed by atoms with Crippen molar-refractivity contribution in [3.63, 3.8) is 0 Å². The number of halogens is 1. The first-order valence-corrected chi connectivity index (χ1v) is 7.02. The van der Waals surface area contributed by atoms with Gasteiger partial charge in [-0.2, -0.15) is 0 Å².